The van der Waals surface area contributed by atoms with Gasteiger partial charge in [-0.3, -0.25) is 0 Å². The Balaban J connectivity index is 2.34. The summed E-state index contributed by atoms with van der Waals surface area (Å²) in [6, 6.07) is 3.62. The number of nitrogens with one attached hydrogen (secondary N) is 2. The van der Waals surface area contributed by atoms with E-state index in [-0.39, 0.29) is 18.1 Å². The van der Waals surface area contributed by atoms with Crippen molar-refractivity contribution in [1.82, 2.24) is 15.6 Å². The molecule has 0 saturated carbocycles. The summed E-state index contributed by atoms with van der Waals surface area (Å²) >= 11 is 0. The molecule has 1 rings (SSSR count). The van der Waals surface area contributed by atoms with Gasteiger partial charge in [-0.2, -0.15) is 0 Å². The fraction of sp³-hybridized carbons (Fsp3) is 0.600. The number of nitrogens with zero attached hydrogens (tertiary/aromatic N) is 2. The van der Waals surface area contributed by atoms with E-state index in [9.17, 15) is 9.90 Å². The summed E-state index contributed by atoms with van der Waals surface area (Å²) in [6.45, 7) is 4.76. The summed E-state index contributed by atoms with van der Waals surface area (Å²) in [5, 5.41) is 14.9. The monoisotopic (exact) mass is 294 g/mol. The number of carbonyl (C=O) groups is 1. The van der Waals surface area contributed by atoms with Crippen LogP contribution in [0.1, 0.15) is 25.8 Å². The van der Waals surface area contributed by atoms with Crippen LogP contribution in [0.3, 0.4) is 0 Å². The number of carbonyl (C=O) groups excluding carboxylic acids is 1. The van der Waals surface area contributed by atoms with E-state index in [1.165, 1.54) is 0 Å². The summed E-state index contributed by atoms with van der Waals surface area (Å²) in [6.07, 6.45) is 2.07. The minimum atomic E-state index is -0.342. The summed E-state index contributed by atoms with van der Waals surface area (Å²) in [4.78, 5) is 17.9. The lowest BCUT2D eigenvalue weighted by molar-refractivity contribution is 0.163. The number of hydrogen-bond donors (Lipinski definition) is 3. The van der Waals surface area contributed by atoms with Gasteiger partial charge in [-0.1, -0.05) is 6.92 Å². The van der Waals surface area contributed by atoms with Crippen molar-refractivity contribution in [2.24, 2.45) is 5.92 Å². The molecule has 0 saturated heterocycles. The van der Waals surface area contributed by atoms with Crippen LogP contribution in [0, 0.1) is 5.92 Å². The summed E-state index contributed by atoms with van der Waals surface area (Å²) in [5.74, 6) is 1.11. The smallest absolute Gasteiger partial charge is 0.315 e. The SMILES string of the molecule is CC(O)CC(C)CNC(=O)NCc1ccnc(N(C)C)c1. The Morgan fingerprint density at radius 1 is 1.38 bits per heavy atom. The molecule has 2 atom stereocenters. The molecule has 21 heavy (non-hydrogen) atoms. The molecule has 0 fully saturated rings. The zero-order valence-corrected chi connectivity index (χ0v) is 13.3. The molecular weight excluding hydrogens is 268 g/mol. The highest BCUT2D eigenvalue weighted by atomic mass is 16.3. The molecule has 6 nitrogen and oxygen atoms in total. The molecule has 0 radical (unpaired) electrons. The van der Waals surface area contributed by atoms with Crippen LogP contribution in [-0.4, -0.2) is 42.9 Å². The molecule has 0 aliphatic heterocycles. The van der Waals surface area contributed by atoms with E-state index < -0.39 is 0 Å². The molecule has 0 aliphatic rings. The van der Waals surface area contributed by atoms with Crippen molar-refractivity contribution in [3.8, 4) is 0 Å². The Morgan fingerprint density at radius 3 is 2.71 bits per heavy atom. The van der Waals surface area contributed by atoms with Gasteiger partial charge in [0.1, 0.15) is 5.82 Å². The number of aliphatic hydroxyl groups is 1. The second-order valence-electron chi connectivity index (χ2n) is 5.67. The lowest BCUT2D eigenvalue weighted by Crippen LogP contribution is -2.37. The number of pyridine rings is 1. The third kappa shape index (κ3) is 6.94. The topological polar surface area (TPSA) is 77.5 Å². The molecule has 3 N–H and O–H groups in total. The molecule has 0 aliphatic carbocycles. The molecule has 6 heteroatoms. The number of amides is 2. The normalized spacial score (nSPS) is 13.4. The van der Waals surface area contributed by atoms with Crippen LogP contribution in [0.15, 0.2) is 18.3 Å². The molecule has 1 aromatic rings. The third-order valence-corrected chi connectivity index (χ3v) is 3.08. The standard InChI is InChI=1S/C15H26N4O2/c1-11(7-12(2)20)9-17-15(21)18-10-13-5-6-16-14(8-13)19(3)4/h5-6,8,11-12,20H,7,9-10H2,1-4H3,(H2,17,18,21). The van der Waals surface area contributed by atoms with Crippen molar-refractivity contribution in [3.63, 3.8) is 0 Å². The second-order valence-corrected chi connectivity index (χ2v) is 5.67. The van der Waals surface area contributed by atoms with Crippen LogP contribution in [0.25, 0.3) is 0 Å². The average Bonchev–Trinajstić information content (AvgIpc) is 2.42. The fourth-order valence-corrected chi connectivity index (χ4v) is 1.99. The molecule has 0 bridgehead atoms. The van der Waals surface area contributed by atoms with Crippen LogP contribution in [-0.2, 0) is 6.54 Å². The van der Waals surface area contributed by atoms with E-state index in [1.54, 1.807) is 13.1 Å². The first-order valence-corrected chi connectivity index (χ1v) is 7.20. The quantitative estimate of drug-likeness (QED) is 0.709. The fourth-order valence-electron chi connectivity index (χ4n) is 1.99. The van der Waals surface area contributed by atoms with Crippen LogP contribution in [0.5, 0.6) is 0 Å². The van der Waals surface area contributed by atoms with Gasteiger partial charge in [0.2, 0.25) is 0 Å². The Morgan fingerprint density at radius 2 is 2.10 bits per heavy atom. The predicted octanol–water partition coefficient (Wildman–Crippen LogP) is 1.35. The Bertz CT molecular complexity index is 449. The van der Waals surface area contributed by atoms with Crippen molar-refractivity contribution in [2.45, 2.75) is 32.9 Å². The Kier molecular flexibility index (Phi) is 6.94. The lowest BCUT2D eigenvalue weighted by Gasteiger charge is -2.15. The molecular formula is C15H26N4O2. The molecule has 0 aromatic carbocycles. The van der Waals surface area contributed by atoms with E-state index >= 15 is 0 Å². The molecule has 0 spiro atoms. The minimum Gasteiger partial charge on any atom is -0.393 e. The first-order valence-electron chi connectivity index (χ1n) is 7.20. The predicted molar refractivity (Wildman–Crippen MR) is 84.3 cm³/mol. The van der Waals surface area contributed by atoms with Crippen LogP contribution >= 0.6 is 0 Å². The van der Waals surface area contributed by atoms with Crippen molar-refractivity contribution < 1.29 is 9.90 Å². The van der Waals surface area contributed by atoms with Crippen LogP contribution in [0.4, 0.5) is 10.6 Å². The van der Waals surface area contributed by atoms with E-state index in [0.29, 0.717) is 19.5 Å². The largest absolute Gasteiger partial charge is 0.393 e. The summed E-state index contributed by atoms with van der Waals surface area (Å²) in [7, 11) is 3.85. The van der Waals surface area contributed by atoms with E-state index in [4.69, 9.17) is 0 Å². The maximum absolute atomic E-state index is 11.7. The summed E-state index contributed by atoms with van der Waals surface area (Å²) in [5.41, 5.74) is 1.00. The number of hydrogen-bond acceptors (Lipinski definition) is 4. The van der Waals surface area contributed by atoms with Crippen molar-refractivity contribution in [2.75, 3.05) is 25.5 Å². The Labute approximate surface area is 126 Å². The highest BCUT2D eigenvalue weighted by Gasteiger charge is 2.08. The number of aromatic nitrogens is 1. The van der Waals surface area contributed by atoms with Gasteiger partial charge in [0.15, 0.2) is 0 Å². The van der Waals surface area contributed by atoms with Gasteiger partial charge in [-0.15, -0.1) is 0 Å². The van der Waals surface area contributed by atoms with Crippen molar-refractivity contribution in [3.05, 3.63) is 23.9 Å². The zero-order chi connectivity index (χ0) is 15.8. The van der Waals surface area contributed by atoms with E-state index in [0.717, 1.165) is 11.4 Å². The molecule has 118 valence electrons. The van der Waals surface area contributed by atoms with Gasteiger partial charge in [0.25, 0.3) is 0 Å². The van der Waals surface area contributed by atoms with Gasteiger partial charge >= 0.3 is 6.03 Å². The average molecular weight is 294 g/mol. The number of anilines is 1. The van der Waals surface area contributed by atoms with E-state index in [1.807, 2.05) is 38.1 Å². The van der Waals surface area contributed by atoms with Gasteiger partial charge in [0, 0.05) is 33.4 Å². The van der Waals surface area contributed by atoms with Gasteiger partial charge < -0.3 is 20.6 Å². The second kappa shape index (κ2) is 8.46. The summed E-state index contributed by atoms with van der Waals surface area (Å²) < 4.78 is 0. The van der Waals surface area contributed by atoms with E-state index in [2.05, 4.69) is 15.6 Å². The first-order chi connectivity index (χ1) is 9.88. The first kappa shape index (κ1) is 17.2. The molecule has 2 unspecified atom stereocenters. The highest BCUT2D eigenvalue weighted by molar-refractivity contribution is 5.73. The maximum Gasteiger partial charge on any atom is 0.315 e. The van der Waals surface area contributed by atoms with Gasteiger partial charge in [-0.25, -0.2) is 9.78 Å². The van der Waals surface area contributed by atoms with Crippen molar-refractivity contribution in [1.29, 1.82) is 0 Å². The number of rotatable bonds is 7. The Hall–Kier alpha value is -1.82. The van der Waals surface area contributed by atoms with Gasteiger partial charge in [0.05, 0.1) is 6.10 Å². The van der Waals surface area contributed by atoms with Crippen LogP contribution < -0.4 is 15.5 Å². The number of urea groups is 1. The lowest BCUT2D eigenvalue weighted by atomic mass is 10.1. The minimum absolute atomic E-state index is 0.198. The number of aliphatic hydroxyl groups excluding tert-OH is 1. The molecule has 1 aromatic heterocycles. The molecule has 1 heterocycles. The maximum atomic E-state index is 11.7. The highest BCUT2D eigenvalue weighted by Crippen LogP contribution is 2.09. The van der Waals surface area contributed by atoms with Gasteiger partial charge in [-0.05, 0) is 37.0 Å². The van der Waals surface area contributed by atoms with Crippen molar-refractivity contribution >= 4 is 11.8 Å². The third-order valence-electron chi connectivity index (χ3n) is 3.08. The zero-order valence-electron chi connectivity index (χ0n) is 13.3. The molecule has 2 amide bonds. The van der Waals surface area contributed by atoms with Crippen LogP contribution in [0.2, 0.25) is 0 Å².